The van der Waals surface area contributed by atoms with Crippen LogP contribution in [0.25, 0.3) is 0 Å². The van der Waals surface area contributed by atoms with Crippen LogP contribution in [0.3, 0.4) is 0 Å². The Kier molecular flexibility index (Phi) is 5.72. The first-order valence-corrected chi connectivity index (χ1v) is 8.96. The number of fused-ring (bicyclic) bond motifs is 1. The summed E-state index contributed by atoms with van der Waals surface area (Å²) in [5.41, 5.74) is 0.814. The van der Waals surface area contributed by atoms with E-state index >= 15 is 0 Å². The molecule has 3 rings (SSSR count). The molecule has 5 nitrogen and oxygen atoms in total. The Hall–Kier alpha value is -2.05. The van der Waals surface area contributed by atoms with Crippen molar-refractivity contribution in [3.05, 3.63) is 40.6 Å². The fourth-order valence-electron chi connectivity index (χ4n) is 2.52. The SMILES string of the molecule is CCOCCC(=O)N(Cc1cccs1)c1ccc2c(c1)OCCO2. The van der Waals surface area contributed by atoms with Crippen molar-refractivity contribution in [1.29, 1.82) is 0 Å². The summed E-state index contributed by atoms with van der Waals surface area (Å²) in [5.74, 6) is 1.45. The maximum atomic E-state index is 12.7. The highest BCUT2D eigenvalue weighted by molar-refractivity contribution is 7.09. The van der Waals surface area contributed by atoms with Crippen LogP contribution in [0.2, 0.25) is 0 Å². The van der Waals surface area contributed by atoms with Gasteiger partial charge in [0.2, 0.25) is 5.91 Å². The maximum Gasteiger partial charge on any atom is 0.229 e. The van der Waals surface area contributed by atoms with Crippen LogP contribution in [0, 0.1) is 0 Å². The number of nitrogens with zero attached hydrogens (tertiary/aromatic N) is 1. The number of ether oxygens (including phenoxy) is 3. The normalized spacial score (nSPS) is 12.9. The summed E-state index contributed by atoms with van der Waals surface area (Å²) < 4.78 is 16.5. The van der Waals surface area contributed by atoms with E-state index in [0.717, 1.165) is 16.3 Å². The Morgan fingerprint density at radius 2 is 2.08 bits per heavy atom. The molecule has 0 radical (unpaired) electrons. The van der Waals surface area contributed by atoms with Crippen molar-refractivity contribution in [2.45, 2.75) is 19.9 Å². The Balaban J connectivity index is 1.81. The van der Waals surface area contributed by atoms with Crippen molar-refractivity contribution in [2.75, 3.05) is 31.3 Å². The number of carbonyl (C=O) groups excluding carboxylic acids is 1. The molecule has 0 aliphatic carbocycles. The zero-order valence-corrected chi connectivity index (χ0v) is 14.5. The number of rotatable bonds is 7. The Labute approximate surface area is 145 Å². The third-order valence-corrected chi connectivity index (χ3v) is 4.56. The van der Waals surface area contributed by atoms with E-state index in [1.54, 1.807) is 16.2 Å². The van der Waals surface area contributed by atoms with Gasteiger partial charge in [0.15, 0.2) is 11.5 Å². The zero-order valence-electron chi connectivity index (χ0n) is 13.7. The molecular formula is C18H21NO4S. The highest BCUT2D eigenvalue weighted by Crippen LogP contribution is 2.34. The molecule has 6 heteroatoms. The molecule has 1 aliphatic rings. The van der Waals surface area contributed by atoms with E-state index in [1.807, 2.05) is 42.6 Å². The van der Waals surface area contributed by atoms with Crippen LogP contribution < -0.4 is 14.4 Å². The van der Waals surface area contributed by atoms with Crippen molar-refractivity contribution in [3.63, 3.8) is 0 Å². The van der Waals surface area contributed by atoms with Gasteiger partial charge in [0, 0.05) is 23.2 Å². The second kappa shape index (κ2) is 8.17. The molecule has 0 N–H and O–H groups in total. The van der Waals surface area contributed by atoms with E-state index < -0.39 is 0 Å². The molecule has 0 fully saturated rings. The lowest BCUT2D eigenvalue weighted by Gasteiger charge is -2.25. The molecule has 2 aromatic rings. The van der Waals surface area contributed by atoms with Crippen molar-refractivity contribution >= 4 is 22.9 Å². The highest BCUT2D eigenvalue weighted by atomic mass is 32.1. The predicted molar refractivity (Wildman–Crippen MR) is 94.1 cm³/mol. The number of amides is 1. The Morgan fingerprint density at radius 3 is 2.83 bits per heavy atom. The molecule has 0 saturated heterocycles. The van der Waals surface area contributed by atoms with Crippen LogP contribution in [-0.2, 0) is 16.1 Å². The van der Waals surface area contributed by atoms with Crippen LogP contribution in [0.4, 0.5) is 5.69 Å². The average Bonchev–Trinajstić information content (AvgIpc) is 3.12. The predicted octanol–water partition coefficient (Wildman–Crippen LogP) is 3.48. The third-order valence-electron chi connectivity index (χ3n) is 3.70. The highest BCUT2D eigenvalue weighted by Gasteiger charge is 2.20. The van der Waals surface area contributed by atoms with Gasteiger partial charge in [-0.1, -0.05) is 6.07 Å². The second-order valence-electron chi connectivity index (χ2n) is 5.33. The minimum atomic E-state index is 0.0357. The van der Waals surface area contributed by atoms with E-state index in [-0.39, 0.29) is 5.91 Å². The van der Waals surface area contributed by atoms with Crippen molar-refractivity contribution in [2.24, 2.45) is 0 Å². The van der Waals surface area contributed by atoms with Crippen LogP contribution in [0.1, 0.15) is 18.2 Å². The first-order valence-electron chi connectivity index (χ1n) is 8.08. The minimum absolute atomic E-state index is 0.0357. The number of thiophene rings is 1. The lowest BCUT2D eigenvalue weighted by Crippen LogP contribution is -2.31. The van der Waals surface area contributed by atoms with Gasteiger partial charge >= 0.3 is 0 Å². The minimum Gasteiger partial charge on any atom is -0.486 e. The summed E-state index contributed by atoms with van der Waals surface area (Å²) in [6.45, 7) is 4.60. The molecule has 1 aliphatic heterocycles. The van der Waals surface area contributed by atoms with E-state index in [0.29, 0.717) is 45.1 Å². The van der Waals surface area contributed by atoms with E-state index in [9.17, 15) is 4.79 Å². The number of carbonyl (C=O) groups is 1. The van der Waals surface area contributed by atoms with Gasteiger partial charge in [0.1, 0.15) is 13.2 Å². The number of anilines is 1. The van der Waals surface area contributed by atoms with Crippen LogP contribution in [-0.4, -0.2) is 32.3 Å². The molecule has 0 atom stereocenters. The fraction of sp³-hybridized carbons (Fsp3) is 0.389. The second-order valence-corrected chi connectivity index (χ2v) is 6.37. The first kappa shape index (κ1) is 16.8. The molecule has 1 amide bonds. The van der Waals surface area contributed by atoms with E-state index in [2.05, 4.69) is 0 Å². The molecular weight excluding hydrogens is 326 g/mol. The lowest BCUT2D eigenvalue weighted by atomic mass is 10.2. The van der Waals surface area contributed by atoms with Gasteiger partial charge in [-0.05, 0) is 30.5 Å². The molecule has 0 unspecified atom stereocenters. The molecule has 0 saturated carbocycles. The first-order chi connectivity index (χ1) is 11.8. The van der Waals surface area contributed by atoms with E-state index in [4.69, 9.17) is 14.2 Å². The fourth-order valence-corrected chi connectivity index (χ4v) is 3.21. The van der Waals surface area contributed by atoms with Crippen LogP contribution in [0.5, 0.6) is 11.5 Å². The molecule has 24 heavy (non-hydrogen) atoms. The number of benzene rings is 1. The van der Waals surface area contributed by atoms with Crippen molar-refractivity contribution in [1.82, 2.24) is 0 Å². The van der Waals surface area contributed by atoms with Gasteiger partial charge in [-0.15, -0.1) is 11.3 Å². The van der Waals surface area contributed by atoms with Gasteiger partial charge in [0.25, 0.3) is 0 Å². The summed E-state index contributed by atoms with van der Waals surface area (Å²) in [6, 6.07) is 9.67. The monoisotopic (exact) mass is 347 g/mol. The zero-order chi connectivity index (χ0) is 16.8. The largest absolute Gasteiger partial charge is 0.486 e. The summed E-state index contributed by atoms with van der Waals surface area (Å²) >= 11 is 1.64. The summed E-state index contributed by atoms with van der Waals surface area (Å²) in [5, 5.41) is 2.02. The molecule has 1 aromatic heterocycles. The lowest BCUT2D eigenvalue weighted by molar-refractivity contribution is -0.119. The van der Waals surface area contributed by atoms with Crippen molar-refractivity contribution in [3.8, 4) is 11.5 Å². The van der Waals surface area contributed by atoms with Gasteiger partial charge in [-0.2, -0.15) is 0 Å². The van der Waals surface area contributed by atoms with Crippen LogP contribution in [0.15, 0.2) is 35.7 Å². The molecule has 1 aromatic carbocycles. The molecule has 0 spiro atoms. The molecule has 128 valence electrons. The smallest absolute Gasteiger partial charge is 0.229 e. The molecule has 2 heterocycles. The van der Waals surface area contributed by atoms with Gasteiger partial charge in [-0.25, -0.2) is 0 Å². The molecule has 0 bridgehead atoms. The van der Waals surface area contributed by atoms with E-state index in [1.165, 1.54) is 0 Å². The third kappa shape index (κ3) is 4.07. The standard InChI is InChI=1S/C18H21NO4S/c1-2-21-8-7-18(20)19(13-15-4-3-11-24-15)14-5-6-16-17(12-14)23-10-9-22-16/h3-6,11-12H,2,7-10,13H2,1H3. The topological polar surface area (TPSA) is 48.0 Å². The summed E-state index contributed by atoms with van der Waals surface area (Å²) in [7, 11) is 0. The Morgan fingerprint density at radius 1 is 1.25 bits per heavy atom. The maximum absolute atomic E-state index is 12.7. The van der Waals surface area contributed by atoms with Gasteiger partial charge in [-0.3, -0.25) is 4.79 Å². The summed E-state index contributed by atoms with van der Waals surface area (Å²) in [4.78, 5) is 15.6. The quantitative estimate of drug-likeness (QED) is 0.720. The Bertz CT molecular complexity index is 672. The van der Waals surface area contributed by atoms with Gasteiger partial charge in [0.05, 0.1) is 19.6 Å². The van der Waals surface area contributed by atoms with Gasteiger partial charge < -0.3 is 19.1 Å². The van der Waals surface area contributed by atoms with Crippen LogP contribution >= 0.6 is 11.3 Å². The number of hydrogen-bond acceptors (Lipinski definition) is 5. The van der Waals surface area contributed by atoms with Crippen molar-refractivity contribution < 1.29 is 19.0 Å². The average molecular weight is 347 g/mol. The number of hydrogen-bond donors (Lipinski definition) is 0. The summed E-state index contributed by atoms with van der Waals surface area (Å²) in [6.07, 6.45) is 0.355.